The molecular weight excluding hydrogens is 304 g/mol. The zero-order chi connectivity index (χ0) is 17.1. The van der Waals surface area contributed by atoms with E-state index in [2.05, 4.69) is 10.6 Å². The lowest BCUT2D eigenvalue weighted by molar-refractivity contribution is -0.128. The van der Waals surface area contributed by atoms with Crippen LogP contribution in [-0.4, -0.2) is 17.9 Å². The fourth-order valence-corrected chi connectivity index (χ4v) is 2.72. The van der Waals surface area contributed by atoms with Crippen molar-refractivity contribution in [1.82, 2.24) is 0 Å². The summed E-state index contributed by atoms with van der Waals surface area (Å²) in [7, 11) is 0. The van der Waals surface area contributed by atoms with Gasteiger partial charge in [0.05, 0.1) is 12.1 Å². The van der Waals surface area contributed by atoms with Crippen LogP contribution in [0, 0.1) is 6.92 Å². The smallest absolute Gasteiger partial charge is 0.266 e. The Bertz CT molecular complexity index is 786. The van der Waals surface area contributed by atoms with Crippen molar-refractivity contribution in [1.29, 1.82) is 0 Å². The van der Waals surface area contributed by atoms with Crippen LogP contribution in [0.2, 0.25) is 0 Å². The van der Waals surface area contributed by atoms with Gasteiger partial charge in [0.25, 0.3) is 5.91 Å². The molecule has 0 bridgehead atoms. The molecule has 1 aliphatic rings. The molecule has 0 radical (unpaired) electrons. The van der Waals surface area contributed by atoms with Crippen molar-refractivity contribution in [3.63, 3.8) is 0 Å². The summed E-state index contributed by atoms with van der Waals surface area (Å²) < 4.78 is 5.69. The fourth-order valence-electron chi connectivity index (χ4n) is 2.72. The highest BCUT2D eigenvalue weighted by molar-refractivity contribution is 6.02. The van der Waals surface area contributed by atoms with Crippen LogP contribution in [0.1, 0.15) is 24.5 Å². The van der Waals surface area contributed by atoms with Crippen LogP contribution in [0.25, 0.3) is 0 Å². The molecule has 3 rings (SSSR count). The number of carbonyl (C=O) groups excluding carboxylic acids is 2. The number of fused-ring (bicyclic) bond motifs is 1. The number of rotatable bonds is 4. The van der Waals surface area contributed by atoms with E-state index in [0.29, 0.717) is 11.4 Å². The Balaban J connectivity index is 1.68. The lowest BCUT2D eigenvalue weighted by Crippen LogP contribution is -2.39. The quantitative estimate of drug-likeness (QED) is 0.907. The van der Waals surface area contributed by atoms with Gasteiger partial charge in [-0.1, -0.05) is 31.2 Å². The molecule has 5 nitrogen and oxygen atoms in total. The van der Waals surface area contributed by atoms with E-state index in [-0.39, 0.29) is 18.2 Å². The Kier molecular flexibility index (Phi) is 4.51. The molecule has 124 valence electrons. The molecule has 2 N–H and O–H groups in total. The van der Waals surface area contributed by atoms with Crippen LogP contribution in [-0.2, 0) is 16.0 Å². The summed E-state index contributed by atoms with van der Waals surface area (Å²) in [4.78, 5) is 24.5. The van der Waals surface area contributed by atoms with Gasteiger partial charge in [-0.2, -0.15) is 0 Å². The number of carbonyl (C=O) groups is 2. The lowest BCUT2D eigenvalue weighted by atomic mass is 10.1. The molecule has 2 amide bonds. The number of hydrogen-bond donors (Lipinski definition) is 2. The van der Waals surface area contributed by atoms with Gasteiger partial charge >= 0.3 is 0 Å². The Morgan fingerprint density at radius 2 is 2.04 bits per heavy atom. The summed E-state index contributed by atoms with van der Waals surface area (Å²) in [5.41, 5.74) is 3.51. The third kappa shape index (κ3) is 3.40. The van der Waals surface area contributed by atoms with Gasteiger partial charge in [-0.25, -0.2) is 0 Å². The molecule has 2 aromatic carbocycles. The number of hydrogen-bond acceptors (Lipinski definition) is 3. The van der Waals surface area contributed by atoms with Gasteiger partial charge in [0.15, 0.2) is 6.10 Å². The number of ether oxygens (including phenoxy) is 1. The normalized spacial score (nSPS) is 15.9. The van der Waals surface area contributed by atoms with Gasteiger partial charge in [0.2, 0.25) is 5.91 Å². The van der Waals surface area contributed by atoms with E-state index in [1.54, 1.807) is 6.07 Å². The first-order valence-electron chi connectivity index (χ1n) is 8.02. The van der Waals surface area contributed by atoms with Crippen molar-refractivity contribution in [3.8, 4) is 5.75 Å². The molecule has 0 unspecified atom stereocenters. The summed E-state index contributed by atoms with van der Waals surface area (Å²) in [6.45, 7) is 3.97. The van der Waals surface area contributed by atoms with Crippen LogP contribution in [0.5, 0.6) is 5.75 Å². The molecule has 0 aliphatic carbocycles. The van der Waals surface area contributed by atoms with Gasteiger partial charge in [-0.3, -0.25) is 9.59 Å². The average Bonchev–Trinajstić information content (AvgIpc) is 2.56. The highest BCUT2D eigenvalue weighted by Gasteiger charge is 2.29. The fraction of sp³-hybridized carbons (Fsp3) is 0.263. The van der Waals surface area contributed by atoms with Gasteiger partial charge in [0.1, 0.15) is 5.75 Å². The van der Waals surface area contributed by atoms with E-state index < -0.39 is 6.10 Å². The molecule has 5 heteroatoms. The van der Waals surface area contributed by atoms with E-state index in [1.807, 2.05) is 50.2 Å². The second-order valence-electron chi connectivity index (χ2n) is 5.86. The van der Waals surface area contributed by atoms with Crippen molar-refractivity contribution >= 4 is 23.2 Å². The Hall–Kier alpha value is -2.82. The monoisotopic (exact) mass is 324 g/mol. The zero-order valence-electron chi connectivity index (χ0n) is 13.8. The molecule has 1 atom stereocenters. The minimum absolute atomic E-state index is 0.0306. The number of benzene rings is 2. The van der Waals surface area contributed by atoms with E-state index in [1.165, 1.54) is 0 Å². The van der Waals surface area contributed by atoms with Crippen LogP contribution in [0.3, 0.4) is 0 Å². The topological polar surface area (TPSA) is 67.4 Å². The van der Waals surface area contributed by atoms with Crippen LogP contribution in [0.4, 0.5) is 11.4 Å². The first-order chi connectivity index (χ1) is 11.6. The molecule has 1 aliphatic heterocycles. The molecular formula is C19H20N2O3. The molecule has 1 heterocycles. The highest BCUT2D eigenvalue weighted by atomic mass is 16.5. The molecule has 0 aromatic heterocycles. The molecule has 0 saturated carbocycles. The largest absolute Gasteiger partial charge is 0.478 e. The van der Waals surface area contributed by atoms with Crippen molar-refractivity contribution in [2.75, 3.05) is 10.6 Å². The predicted molar refractivity (Wildman–Crippen MR) is 93.3 cm³/mol. The second-order valence-corrected chi connectivity index (χ2v) is 5.86. The summed E-state index contributed by atoms with van der Waals surface area (Å²) >= 11 is 0. The number of aryl methyl sites for hydroxylation is 2. The maximum Gasteiger partial charge on any atom is 0.266 e. The number of para-hydroxylation sites is 1. The third-order valence-electron chi connectivity index (χ3n) is 4.00. The molecule has 0 fully saturated rings. The van der Waals surface area contributed by atoms with E-state index >= 15 is 0 Å². The summed E-state index contributed by atoms with van der Waals surface area (Å²) in [6.07, 6.45) is -0.0326. The molecule has 24 heavy (non-hydrogen) atoms. The van der Waals surface area contributed by atoms with E-state index in [9.17, 15) is 9.59 Å². The highest BCUT2D eigenvalue weighted by Crippen LogP contribution is 2.31. The summed E-state index contributed by atoms with van der Waals surface area (Å²) in [6, 6.07) is 13.2. The SMILES string of the molecule is CCc1ccccc1NC(=O)C[C@H]1Oc2ccc(C)cc2NC1=O. The third-order valence-corrected chi connectivity index (χ3v) is 4.00. The average molecular weight is 324 g/mol. The Morgan fingerprint density at radius 1 is 1.25 bits per heavy atom. The van der Waals surface area contributed by atoms with Gasteiger partial charge in [0, 0.05) is 5.69 Å². The Morgan fingerprint density at radius 3 is 2.83 bits per heavy atom. The first-order valence-corrected chi connectivity index (χ1v) is 8.02. The summed E-state index contributed by atoms with van der Waals surface area (Å²) in [5, 5.41) is 5.66. The lowest BCUT2D eigenvalue weighted by Gasteiger charge is -2.25. The number of anilines is 2. The summed E-state index contributed by atoms with van der Waals surface area (Å²) in [5.74, 6) is 0.0468. The standard InChI is InChI=1S/C19H20N2O3/c1-3-13-6-4-5-7-14(13)20-18(22)11-17-19(23)21-15-10-12(2)8-9-16(15)24-17/h4-10,17H,3,11H2,1-2H3,(H,20,22)(H,21,23)/t17-/m1/s1. The van der Waals surface area contributed by atoms with Gasteiger partial charge < -0.3 is 15.4 Å². The van der Waals surface area contributed by atoms with Crippen molar-refractivity contribution in [3.05, 3.63) is 53.6 Å². The maximum absolute atomic E-state index is 12.3. The minimum atomic E-state index is -0.825. The molecule has 0 saturated heterocycles. The van der Waals surface area contributed by atoms with Crippen LogP contribution >= 0.6 is 0 Å². The van der Waals surface area contributed by atoms with Gasteiger partial charge in [-0.05, 0) is 42.7 Å². The number of amides is 2. The second kappa shape index (κ2) is 6.74. The van der Waals surface area contributed by atoms with Crippen molar-refractivity contribution in [2.24, 2.45) is 0 Å². The van der Waals surface area contributed by atoms with E-state index in [4.69, 9.17) is 4.74 Å². The predicted octanol–water partition coefficient (Wildman–Crippen LogP) is 3.29. The van der Waals surface area contributed by atoms with Crippen molar-refractivity contribution in [2.45, 2.75) is 32.8 Å². The van der Waals surface area contributed by atoms with Gasteiger partial charge in [-0.15, -0.1) is 0 Å². The Labute approximate surface area is 141 Å². The van der Waals surface area contributed by atoms with Crippen LogP contribution < -0.4 is 15.4 Å². The van der Waals surface area contributed by atoms with E-state index in [0.717, 1.165) is 23.2 Å². The molecule has 0 spiro atoms. The first kappa shape index (κ1) is 16.1. The minimum Gasteiger partial charge on any atom is -0.478 e. The molecule has 2 aromatic rings. The zero-order valence-corrected chi connectivity index (χ0v) is 13.8. The number of nitrogens with one attached hydrogen (secondary N) is 2. The van der Waals surface area contributed by atoms with Crippen molar-refractivity contribution < 1.29 is 14.3 Å². The van der Waals surface area contributed by atoms with Crippen LogP contribution in [0.15, 0.2) is 42.5 Å². The maximum atomic E-state index is 12.3.